The molecule has 4 nitrogen and oxygen atoms in total. The lowest BCUT2D eigenvalue weighted by atomic mass is 10.2. The number of hydrogen-bond acceptors (Lipinski definition) is 3. The topological polar surface area (TPSA) is 67.6 Å². The standard InChI is InChI=1S/C11H6F4N4/c1-4-5(3-16)11(17)19(18-4)10-8(14)6(12)2-7(13)9(10)15/h2H,17H2,1H3. The molecule has 0 aliphatic rings. The summed E-state index contributed by atoms with van der Waals surface area (Å²) in [6, 6.07) is 1.76. The first-order valence-electron chi connectivity index (χ1n) is 4.97. The van der Waals surface area contributed by atoms with Crippen molar-refractivity contribution in [2.24, 2.45) is 0 Å². The van der Waals surface area contributed by atoms with Crippen LogP contribution in [0.15, 0.2) is 6.07 Å². The molecular formula is C11H6F4N4. The molecule has 1 aromatic heterocycles. The lowest BCUT2D eigenvalue weighted by molar-refractivity contribution is 0.444. The number of aryl methyl sites for hydroxylation is 1. The summed E-state index contributed by atoms with van der Waals surface area (Å²) in [4.78, 5) is 0. The van der Waals surface area contributed by atoms with E-state index in [-0.39, 0.29) is 17.3 Å². The van der Waals surface area contributed by atoms with Crippen LogP contribution in [0.2, 0.25) is 0 Å². The van der Waals surface area contributed by atoms with Gasteiger partial charge in [-0.25, -0.2) is 22.2 Å². The van der Waals surface area contributed by atoms with Gasteiger partial charge in [0.25, 0.3) is 0 Å². The van der Waals surface area contributed by atoms with Crippen molar-refractivity contribution in [2.75, 3.05) is 5.73 Å². The summed E-state index contributed by atoms with van der Waals surface area (Å²) in [6.07, 6.45) is 0. The second-order valence-electron chi connectivity index (χ2n) is 3.69. The van der Waals surface area contributed by atoms with Gasteiger partial charge < -0.3 is 5.73 Å². The number of nitriles is 1. The van der Waals surface area contributed by atoms with E-state index < -0.39 is 34.8 Å². The Morgan fingerprint density at radius 2 is 1.74 bits per heavy atom. The molecule has 0 fully saturated rings. The number of nitrogen functional groups attached to an aromatic ring is 1. The molecule has 2 N–H and O–H groups in total. The van der Waals surface area contributed by atoms with Gasteiger partial charge in [-0.15, -0.1) is 0 Å². The van der Waals surface area contributed by atoms with E-state index in [0.717, 1.165) is 0 Å². The molecule has 2 aromatic rings. The van der Waals surface area contributed by atoms with Crippen LogP contribution in [0.25, 0.3) is 5.69 Å². The largest absolute Gasteiger partial charge is 0.382 e. The molecule has 0 amide bonds. The molecule has 1 aromatic carbocycles. The Balaban J connectivity index is 2.84. The van der Waals surface area contributed by atoms with Gasteiger partial charge in [0.15, 0.2) is 23.3 Å². The Kier molecular flexibility index (Phi) is 2.90. The SMILES string of the molecule is Cc1nn(-c2c(F)c(F)cc(F)c2F)c(N)c1C#N. The molecule has 0 aliphatic heterocycles. The normalized spacial score (nSPS) is 10.5. The zero-order valence-electron chi connectivity index (χ0n) is 9.51. The van der Waals surface area contributed by atoms with Gasteiger partial charge in [0, 0.05) is 6.07 Å². The molecule has 0 spiro atoms. The zero-order chi connectivity index (χ0) is 14.3. The van der Waals surface area contributed by atoms with Gasteiger partial charge in [-0.2, -0.15) is 10.4 Å². The maximum absolute atomic E-state index is 13.6. The number of rotatable bonds is 1. The molecule has 0 radical (unpaired) electrons. The summed E-state index contributed by atoms with van der Waals surface area (Å²) >= 11 is 0. The van der Waals surface area contributed by atoms with Crippen LogP contribution in [0.5, 0.6) is 0 Å². The predicted octanol–water partition coefficient (Wildman–Crippen LogP) is 2.19. The van der Waals surface area contributed by atoms with E-state index in [2.05, 4.69) is 5.10 Å². The number of aromatic nitrogens is 2. The quantitative estimate of drug-likeness (QED) is 0.638. The third kappa shape index (κ3) is 1.79. The summed E-state index contributed by atoms with van der Waals surface area (Å²) in [7, 11) is 0. The van der Waals surface area contributed by atoms with Gasteiger partial charge in [-0.05, 0) is 6.92 Å². The van der Waals surface area contributed by atoms with Crippen LogP contribution in [0.3, 0.4) is 0 Å². The highest BCUT2D eigenvalue weighted by atomic mass is 19.2. The van der Waals surface area contributed by atoms with Crippen LogP contribution in [-0.4, -0.2) is 9.78 Å². The molecule has 1 heterocycles. The number of hydrogen-bond donors (Lipinski definition) is 1. The average Bonchev–Trinajstić information content (AvgIpc) is 2.63. The second-order valence-corrected chi connectivity index (χ2v) is 3.69. The number of halogens is 4. The van der Waals surface area contributed by atoms with Crippen molar-refractivity contribution >= 4 is 5.82 Å². The fraction of sp³-hybridized carbons (Fsp3) is 0.0909. The molecule has 0 bridgehead atoms. The average molecular weight is 270 g/mol. The molecule has 8 heteroatoms. The van der Waals surface area contributed by atoms with Crippen LogP contribution in [0.4, 0.5) is 23.4 Å². The van der Waals surface area contributed by atoms with Crippen molar-refractivity contribution < 1.29 is 17.6 Å². The van der Waals surface area contributed by atoms with Crippen molar-refractivity contribution in [1.82, 2.24) is 9.78 Å². The van der Waals surface area contributed by atoms with Gasteiger partial charge in [0.05, 0.1) is 5.69 Å². The summed E-state index contributed by atoms with van der Waals surface area (Å²) in [6.45, 7) is 1.37. The first-order chi connectivity index (χ1) is 8.88. The van der Waals surface area contributed by atoms with E-state index in [9.17, 15) is 17.6 Å². The van der Waals surface area contributed by atoms with Crippen molar-refractivity contribution in [3.63, 3.8) is 0 Å². The van der Waals surface area contributed by atoms with Gasteiger partial charge in [-0.3, -0.25) is 0 Å². The Hall–Kier alpha value is -2.56. The highest BCUT2D eigenvalue weighted by molar-refractivity contribution is 5.56. The van der Waals surface area contributed by atoms with Crippen LogP contribution in [0, 0.1) is 41.5 Å². The number of anilines is 1. The number of nitrogens with two attached hydrogens (primary N) is 1. The van der Waals surface area contributed by atoms with Gasteiger partial charge in [-0.1, -0.05) is 0 Å². The van der Waals surface area contributed by atoms with E-state index >= 15 is 0 Å². The Morgan fingerprint density at radius 1 is 1.21 bits per heavy atom. The Labute approximate surface area is 104 Å². The minimum absolute atomic E-state index is 0.0753. The maximum atomic E-state index is 13.6. The minimum Gasteiger partial charge on any atom is -0.382 e. The third-order valence-electron chi connectivity index (χ3n) is 2.51. The Bertz CT molecular complexity index is 688. The molecule has 0 atom stereocenters. The second kappa shape index (κ2) is 4.28. The molecule has 0 aliphatic carbocycles. The lowest BCUT2D eigenvalue weighted by Gasteiger charge is -2.08. The van der Waals surface area contributed by atoms with Crippen LogP contribution >= 0.6 is 0 Å². The van der Waals surface area contributed by atoms with E-state index in [1.807, 2.05) is 0 Å². The summed E-state index contributed by atoms with van der Waals surface area (Å²) < 4.78 is 53.8. The summed E-state index contributed by atoms with van der Waals surface area (Å²) in [5.74, 6) is -6.85. The van der Waals surface area contributed by atoms with Crippen LogP contribution in [-0.2, 0) is 0 Å². The first kappa shape index (κ1) is 12.9. The maximum Gasteiger partial charge on any atom is 0.187 e. The van der Waals surface area contributed by atoms with Gasteiger partial charge in [0.1, 0.15) is 23.1 Å². The highest BCUT2D eigenvalue weighted by Gasteiger charge is 2.24. The molecule has 2 rings (SSSR count). The van der Waals surface area contributed by atoms with Crippen molar-refractivity contribution in [3.8, 4) is 11.8 Å². The number of benzene rings is 1. The lowest BCUT2D eigenvalue weighted by Crippen LogP contribution is -2.10. The molecule has 0 saturated carbocycles. The predicted molar refractivity (Wildman–Crippen MR) is 57.3 cm³/mol. The first-order valence-corrected chi connectivity index (χ1v) is 4.97. The fourth-order valence-electron chi connectivity index (χ4n) is 1.60. The summed E-state index contributed by atoms with van der Waals surface area (Å²) in [5, 5.41) is 12.4. The highest BCUT2D eigenvalue weighted by Crippen LogP contribution is 2.27. The zero-order valence-corrected chi connectivity index (χ0v) is 9.51. The smallest absolute Gasteiger partial charge is 0.187 e. The minimum atomic E-state index is -1.64. The summed E-state index contributed by atoms with van der Waals surface area (Å²) in [5.41, 5.74) is 4.35. The molecule has 0 saturated heterocycles. The van der Waals surface area contributed by atoms with E-state index in [4.69, 9.17) is 11.0 Å². The Morgan fingerprint density at radius 3 is 2.16 bits per heavy atom. The van der Waals surface area contributed by atoms with Crippen molar-refractivity contribution in [1.29, 1.82) is 5.26 Å². The van der Waals surface area contributed by atoms with E-state index in [1.165, 1.54) is 6.92 Å². The third-order valence-corrected chi connectivity index (χ3v) is 2.51. The van der Waals surface area contributed by atoms with Crippen molar-refractivity contribution in [2.45, 2.75) is 6.92 Å². The van der Waals surface area contributed by atoms with E-state index in [1.54, 1.807) is 6.07 Å². The molecule has 0 unspecified atom stereocenters. The monoisotopic (exact) mass is 270 g/mol. The molecule has 19 heavy (non-hydrogen) atoms. The van der Waals surface area contributed by atoms with Gasteiger partial charge >= 0.3 is 0 Å². The van der Waals surface area contributed by atoms with Crippen LogP contribution < -0.4 is 5.73 Å². The van der Waals surface area contributed by atoms with Gasteiger partial charge in [0.2, 0.25) is 0 Å². The van der Waals surface area contributed by atoms with Crippen molar-refractivity contribution in [3.05, 3.63) is 40.6 Å². The number of nitrogens with zero attached hydrogens (tertiary/aromatic N) is 3. The molecule has 98 valence electrons. The fourth-order valence-corrected chi connectivity index (χ4v) is 1.60. The van der Waals surface area contributed by atoms with Crippen LogP contribution in [0.1, 0.15) is 11.3 Å². The van der Waals surface area contributed by atoms with E-state index in [0.29, 0.717) is 4.68 Å². The molecular weight excluding hydrogens is 264 g/mol.